The molecule has 5 nitrogen and oxygen atoms in total. The fraction of sp³-hybridized carbons (Fsp3) is 0.167. The van der Waals surface area contributed by atoms with Gasteiger partial charge in [-0.1, -0.05) is 60.7 Å². The molecule has 0 saturated carbocycles. The second-order valence-corrected chi connectivity index (χ2v) is 7.22. The van der Waals surface area contributed by atoms with Crippen molar-refractivity contribution in [2.24, 2.45) is 0 Å². The maximum atomic E-state index is 12.7. The highest BCUT2D eigenvalue weighted by Crippen LogP contribution is 2.48. The van der Waals surface area contributed by atoms with Crippen LogP contribution in [0, 0.1) is 0 Å². The summed E-state index contributed by atoms with van der Waals surface area (Å²) in [6.45, 7) is 0. The van der Waals surface area contributed by atoms with Gasteiger partial charge in [-0.05, 0) is 35.4 Å². The molecule has 1 saturated heterocycles. The first-order valence-corrected chi connectivity index (χ1v) is 9.59. The minimum atomic E-state index is -0.602. The number of hydrogen-bond acceptors (Lipinski definition) is 5. The van der Waals surface area contributed by atoms with Crippen LogP contribution in [-0.4, -0.2) is 24.1 Å². The standard InChI is InChI=1S/C24H19NO4/c26-23(15-9-3-1-4-10-15)28-21-19-17-13-7-8-14-18(17)20(25-19)22(21)29-24(27)16-11-5-2-6-12-16/h1-14,19-22,25H. The van der Waals surface area contributed by atoms with Crippen molar-refractivity contribution < 1.29 is 19.1 Å². The van der Waals surface area contributed by atoms with E-state index in [1.807, 2.05) is 36.4 Å². The van der Waals surface area contributed by atoms with Crippen LogP contribution in [-0.2, 0) is 9.47 Å². The summed E-state index contributed by atoms with van der Waals surface area (Å²) in [7, 11) is 0. The molecule has 2 bridgehead atoms. The zero-order valence-electron chi connectivity index (χ0n) is 15.5. The van der Waals surface area contributed by atoms with E-state index in [2.05, 4.69) is 5.32 Å². The van der Waals surface area contributed by atoms with Crippen molar-refractivity contribution in [1.82, 2.24) is 5.32 Å². The Balaban J connectivity index is 1.44. The van der Waals surface area contributed by atoms with Gasteiger partial charge in [0.25, 0.3) is 0 Å². The zero-order valence-corrected chi connectivity index (χ0v) is 15.5. The fourth-order valence-electron chi connectivity index (χ4n) is 4.18. The van der Waals surface area contributed by atoms with Crippen molar-refractivity contribution in [2.45, 2.75) is 24.3 Å². The average Bonchev–Trinajstić information content (AvgIpc) is 3.32. The van der Waals surface area contributed by atoms with Gasteiger partial charge in [-0.3, -0.25) is 5.32 Å². The summed E-state index contributed by atoms with van der Waals surface area (Å²) < 4.78 is 11.7. The first-order valence-electron chi connectivity index (χ1n) is 9.59. The Labute approximate surface area is 168 Å². The topological polar surface area (TPSA) is 64.6 Å². The molecule has 5 heteroatoms. The Morgan fingerprint density at radius 2 is 0.966 bits per heavy atom. The van der Waals surface area contributed by atoms with E-state index >= 15 is 0 Å². The number of fused-ring (bicyclic) bond motifs is 5. The Morgan fingerprint density at radius 1 is 0.586 bits per heavy atom. The highest BCUT2D eigenvalue weighted by atomic mass is 16.6. The number of nitrogens with one attached hydrogen (secondary N) is 1. The summed E-state index contributed by atoms with van der Waals surface area (Å²) in [5, 5.41) is 3.45. The molecule has 1 fully saturated rings. The van der Waals surface area contributed by atoms with E-state index in [0.717, 1.165) is 11.1 Å². The van der Waals surface area contributed by atoms with E-state index in [1.54, 1.807) is 48.5 Å². The Bertz CT molecular complexity index is 966. The van der Waals surface area contributed by atoms with E-state index in [-0.39, 0.29) is 12.1 Å². The number of rotatable bonds is 4. The third-order valence-corrected chi connectivity index (χ3v) is 5.51. The summed E-state index contributed by atoms with van der Waals surface area (Å²) in [5.74, 6) is -0.855. The lowest BCUT2D eigenvalue weighted by molar-refractivity contribution is -0.0348. The molecule has 2 heterocycles. The number of carbonyl (C=O) groups is 2. The van der Waals surface area contributed by atoms with Gasteiger partial charge in [-0.2, -0.15) is 0 Å². The normalized spacial score (nSPS) is 24.0. The molecule has 2 aliphatic heterocycles. The Kier molecular flexibility index (Phi) is 4.37. The molecule has 3 aromatic carbocycles. The van der Waals surface area contributed by atoms with Gasteiger partial charge in [0.2, 0.25) is 0 Å². The molecule has 0 aromatic heterocycles. The summed E-state index contributed by atoms with van der Waals surface area (Å²) in [6.07, 6.45) is -1.20. The van der Waals surface area contributed by atoms with Crippen LogP contribution in [0.2, 0.25) is 0 Å². The van der Waals surface area contributed by atoms with Crippen LogP contribution in [0.4, 0.5) is 0 Å². The van der Waals surface area contributed by atoms with Crippen LogP contribution in [0.1, 0.15) is 43.9 Å². The van der Waals surface area contributed by atoms with Crippen LogP contribution >= 0.6 is 0 Å². The third-order valence-electron chi connectivity index (χ3n) is 5.51. The van der Waals surface area contributed by atoms with Crippen molar-refractivity contribution in [3.63, 3.8) is 0 Å². The average molecular weight is 385 g/mol. The van der Waals surface area contributed by atoms with Crippen LogP contribution in [0.5, 0.6) is 0 Å². The van der Waals surface area contributed by atoms with Gasteiger partial charge in [0.1, 0.15) is 0 Å². The monoisotopic (exact) mass is 385 g/mol. The number of benzene rings is 3. The molecule has 0 aliphatic carbocycles. The lowest BCUT2D eigenvalue weighted by Gasteiger charge is -2.30. The van der Waals surface area contributed by atoms with Crippen LogP contribution < -0.4 is 5.32 Å². The van der Waals surface area contributed by atoms with E-state index in [4.69, 9.17) is 9.47 Å². The number of hydrogen-bond donors (Lipinski definition) is 1. The molecular formula is C24H19NO4. The number of carbonyl (C=O) groups excluding carboxylic acids is 2. The van der Waals surface area contributed by atoms with Crippen LogP contribution in [0.25, 0.3) is 0 Å². The molecule has 0 amide bonds. The van der Waals surface area contributed by atoms with Gasteiger partial charge in [0, 0.05) is 0 Å². The van der Waals surface area contributed by atoms with E-state index in [9.17, 15) is 9.59 Å². The van der Waals surface area contributed by atoms with E-state index in [1.165, 1.54) is 0 Å². The predicted molar refractivity (Wildman–Crippen MR) is 106 cm³/mol. The molecule has 2 aliphatic rings. The molecule has 29 heavy (non-hydrogen) atoms. The van der Waals surface area contributed by atoms with Crippen molar-refractivity contribution in [3.8, 4) is 0 Å². The molecule has 4 atom stereocenters. The number of ether oxygens (including phenoxy) is 2. The van der Waals surface area contributed by atoms with Crippen molar-refractivity contribution in [3.05, 3.63) is 107 Å². The molecule has 5 rings (SSSR count). The summed E-state index contributed by atoms with van der Waals surface area (Å²) in [4.78, 5) is 25.4. The van der Waals surface area contributed by atoms with Gasteiger partial charge < -0.3 is 9.47 Å². The molecule has 4 unspecified atom stereocenters. The van der Waals surface area contributed by atoms with Gasteiger partial charge in [-0.25, -0.2) is 9.59 Å². The van der Waals surface area contributed by atoms with Gasteiger partial charge in [-0.15, -0.1) is 0 Å². The van der Waals surface area contributed by atoms with Gasteiger partial charge in [0.05, 0.1) is 23.2 Å². The molecule has 144 valence electrons. The molecule has 0 radical (unpaired) electrons. The summed E-state index contributed by atoms with van der Waals surface area (Å²) in [6, 6.07) is 25.2. The van der Waals surface area contributed by atoms with E-state index in [0.29, 0.717) is 11.1 Å². The second kappa shape index (κ2) is 7.18. The highest BCUT2D eigenvalue weighted by molar-refractivity contribution is 5.90. The van der Waals surface area contributed by atoms with Crippen LogP contribution in [0.15, 0.2) is 84.9 Å². The maximum Gasteiger partial charge on any atom is 0.338 e. The minimum absolute atomic E-state index is 0.211. The van der Waals surface area contributed by atoms with Crippen molar-refractivity contribution >= 4 is 11.9 Å². The third kappa shape index (κ3) is 3.09. The predicted octanol–water partition coefficient (Wildman–Crippen LogP) is 3.84. The minimum Gasteiger partial charge on any atom is -0.453 e. The first kappa shape index (κ1) is 17.6. The summed E-state index contributed by atoms with van der Waals surface area (Å²) >= 11 is 0. The summed E-state index contributed by atoms with van der Waals surface area (Å²) in [5.41, 5.74) is 3.10. The molecule has 3 aromatic rings. The fourth-order valence-corrected chi connectivity index (χ4v) is 4.18. The van der Waals surface area contributed by atoms with Crippen molar-refractivity contribution in [2.75, 3.05) is 0 Å². The zero-order chi connectivity index (χ0) is 19.8. The number of esters is 2. The SMILES string of the molecule is O=C(OC1C2NC(c3ccccc32)C1OC(=O)c1ccccc1)c1ccccc1. The van der Waals surface area contributed by atoms with Gasteiger partial charge >= 0.3 is 11.9 Å². The largest absolute Gasteiger partial charge is 0.453 e. The van der Waals surface area contributed by atoms with E-state index < -0.39 is 24.1 Å². The lowest BCUT2D eigenvalue weighted by Crippen LogP contribution is -2.39. The lowest BCUT2D eigenvalue weighted by atomic mass is 9.87. The highest BCUT2D eigenvalue weighted by Gasteiger charge is 2.55. The molecule has 1 N–H and O–H groups in total. The first-order chi connectivity index (χ1) is 14.2. The Hall–Kier alpha value is -3.44. The Morgan fingerprint density at radius 3 is 1.38 bits per heavy atom. The van der Waals surface area contributed by atoms with Crippen molar-refractivity contribution in [1.29, 1.82) is 0 Å². The maximum absolute atomic E-state index is 12.7. The molecule has 0 spiro atoms. The quantitative estimate of drug-likeness (QED) is 0.692. The van der Waals surface area contributed by atoms with Gasteiger partial charge in [0.15, 0.2) is 12.2 Å². The second-order valence-electron chi connectivity index (χ2n) is 7.22. The smallest absolute Gasteiger partial charge is 0.338 e. The molecular weight excluding hydrogens is 366 g/mol. The van der Waals surface area contributed by atoms with Crippen LogP contribution in [0.3, 0.4) is 0 Å².